The number of carboxylic acids is 1. The Balaban J connectivity index is 1.70. The number of hydrogen-bond donors (Lipinski definition) is 1. The van der Waals surface area contributed by atoms with E-state index in [4.69, 9.17) is 9.47 Å². The van der Waals surface area contributed by atoms with Crippen LogP contribution in [0.15, 0.2) is 42.5 Å². The molecule has 2 aromatic carbocycles. The van der Waals surface area contributed by atoms with Gasteiger partial charge in [0.15, 0.2) is 17.5 Å². The van der Waals surface area contributed by atoms with Gasteiger partial charge in [-0.05, 0) is 35.7 Å². The Bertz CT molecular complexity index is 832. The second kappa shape index (κ2) is 5.56. The van der Waals surface area contributed by atoms with Crippen LogP contribution in [-0.4, -0.2) is 35.2 Å². The van der Waals surface area contributed by atoms with Crippen LogP contribution in [0.1, 0.15) is 27.5 Å². The van der Waals surface area contributed by atoms with Crippen molar-refractivity contribution in [3.05, 3.63) is 59.2 Å². The van der Waals surface area contributed by atoms with E-state index >= 15 is 0 Å². The van der Waals surface area contributed by atoms with Gasteiger partial charge in [-0.15, -0.1) is 0 Å². The predicted molar refractivity (Wildman–Crippen MR) is 84.1 cm³/mol. The van der Waals surface area contributed by atoms with Crippen molar-refractivity contribution < 1.29 is 24.2 Å². The highest BCUT2D eigenvalue weighted by molar-refractivity contribution is 5.97. The molecule has 1 N–H and O–H groups in total. The highest BCUT2D eigenvalue weighted by Crippen LogP contribution is 2.35. The molecule has 1 atom stereocenters. The minimum Gasteiger partial charge on any atom is -0.479 e. The van der Waals surface area contributed by atoms with E-state index in [1.807, 2.05) is 12.1 Å². The van der Waals surface area contributed by atoms with Crippen LogP contribution in [-0.2, 0) is 11.2 Å². The second-order valence-corrected chi connectivity index (χ2v) is 5.76. The maximum Gasteiger partial charge on any atom is 0.331 e. The Morgan fingerprint density at radius 2 is 1.88 bits per heavy atom. The second-order valence-electron chi connectivity index (χ2n) is 5.76. The molecule has 6 heteroatoms. The molecular weight excluding hydrogens is 310 g/mol. The van der Waals surface area contributed by atoms with Crippen LogP contribution in [0, 0.1) is 0 Å². The van der Waals surface area contributed by atoms with Crippen LogP contribution in [0.4, 0.5) is 0 Å². The molecule has 0 aliphatic carbocycles. The first-order valence-corrected chi connectivity index (χ1v) is 7.66. The van der Waals surface area contributed by atoms with Gasteiger partial charge in [-0.25, -0.2) is 4.79 Å². The molecule has 0 fully saturated rings. The normalized spacial score (nSPS) is 18.2. The molecule has 0 aromatic heterocycles. The molecule has 1 amide bonds. The van der Waals surface area contributed by atoms with Crippen molar-refractivity contribution >= 4 is 11.9 Å². The highest BCUT2D eigenvalue weighted by Gasteiger charge is 2.36. The number of aliphatic carboxylic acids is 1. The molecule has 122 valence electrons. The first-order valence-electron chi connectivity index (χ1n) is 7.66. The lowest BCUT2D eigenvalue weighted by molar-refractivity contribution is -0.143. The fourth-order valence-electron chi connectivity index (χ4n) is 3.25. The van der Waals surface area contributed by atoms with E-state index in [1.54, 1.807) is 30.3 Å². The Morgan fingerprint density at radius 3 is 2.71 bits per heavy atom. The van der Waals surface area contributed by atoms with Crippen molar-refractivity contribution in [2.45, 2.75) is 12.5 Å². The van der Waals surface area contributed by atoms with E-state index in [0.29, 0.717) is 35.6 Å². The SMILES string of the molecule is O=C(O)C1c2ccccc2CCN1C(=O)c1ccc2c(c1)OCO2. The van der Waals surface area contributed by atoms with Gasteiger partial charge in [0.1, 0.15) is 0 Å². The largest absolute Gasteiger partial charge is 0.479 e. The maximum absolute atomic E-state index is 12.9. The summed E-state index contributed by atoms with van der Waals surface area (Å²) >= 11 is 0. The number of carbonyl (C=O) groups is 2. The highest BCUT2D eigenvalue weighted by atomic mass is 16.7. The third-order valence-electron chi connectivity index (χ3n) is 4.40. The molecule has 1 unspecified atom stereocenters. The average Bonchev–Trinajstić information content (AvgIpc) is 3.07. The van der Waals surface area contributed by atoms with E-state index in [1.165, 1.54) is 4.90 Å². The van der Waals surface area contributed by atoms with Crippen LogP contribution >= 0.6 is 0 Å². The van der Waals surface area contributed by atoms with Crippen molar-refractivity contribution in [1.82, 2.24) is 4.90 Å². The topological polar surface area (TPSA) is 76.1 Å². The van der Waals surface area contributed by atoms with E-state index in [9.17, 15) is 14.7 Å². The Hall–Kier alpha value is -3.02. The number of benzene rings is 2. The zero-order valence-electron chi connectivity index (χ0n) is 12.8. The van der Waals surface area contributed by atoms with Gasteiger partial charge < -0.3 is 19.5 Å². The summed E-state index contributed by atoms with van der Waals surface area (Å²) < 4.78 is 10.5. The first-order chi connectivity index (χ1) is 11.6. The molecule has 4 rings (SSSR count). The first kappa shape index (κ1) is 14.6. The summed E-state index contributed by atoms with van der Waals surface area (Å²) in [5, 5.41) is 9.67. The summed E-state index contributed by atoms with van der Waals surface area (Å²) in [6.45, 7) is 0.489. The number of fused-ring (bicyclic) bond motifs is 2. The average molecular weight is 325 g/mol. The Labute approximate surface area is 138 Å². The standard InChI is InChI=1S/C18H15NO5/c20-17(12-5-6-14-15(9-12)24-10-23-14)19-8-7-11-3-1-2-4-13(11)16(19)18(21)22/h1-6,9,16H,7-8,10H2,(H,21,22). The quantitative estimate of drug-likeness (QED) is 0.916. The van der Waals surface area contributed by atoms with Gasteiger partial charge in [-0.3, -0.25) is 4.79 Å². The zero-order valence-corrected chi connectivity index (χ0v) is 12.8. The molecule has 0 saturated carbocycles. The van der Waals surface area contributed by atoms with E-state index in [2.05, 4.69) is 0 Å². The number of hydrogen-bond acceptors (Lipinski definition) is 4. The zero-order chi connectivity index (χ0) is 16.7. The lowest BCUT2D eigenvalue weighted by Gasteiger charge is -2.34. The number of carbonyl (C=O) groups excluding carboxylic acids is 1. The maximum atomic E-state index is 12.9. The molecule has 0 spiro atoms. The van der Waals surface area contributed by atoms with Gasteiger partial charge in [0.2, 0.25) is 6.79 Å². The van der Waals surface area contributed by atoms with Crippen molar-refractivity contribution in [3.8, 4) is 11.5 Å². The predicted octanol–water partition coefficient (Wildman–Crippen LogP) is 2.24. The number of carboxylic acid groups (broad SMARTS) is 1. The lowest BCUT2D eigenvalue weighted by Crippen LogP contribution is -2.43. The molecule has 0 radical (unpaired) electrons. The number of ether oxygens (including phenoxy) is 2. The third-order valence-corrected chi connectivity index (χ3v) is 4.40. The fraction of sp³-hybridized carbons (Fsp3) is 0.222. The molecule has 6 nitrogen and oxygen atoms in total. The van der Waals surface area contributed by atoms with Crippen molar-refractivity contribution in [3.63, 3.8) is 0 Å². The fourth-order valence-corrected chi connectivity index (χ4v) is 3.25. The minimum atomic E-state index is -1.03. The summed E-state index contributed by atoms with van der Waals surface area (Å²) in [6.07, 6.45) is 0.635. The molecule has 0 saturated heterocycles. The van der Waals surface area contributed by atoms with E-state index in [0.717, 1.165) is 5.56 Å². The molecular formula is C18H15NO5. The Kier molecular flexibility index (Phi) is 3.37. The van der Waals surface area contributed by atoms with Gasteiger partial charge in [0, 0.05) is 12.1 Å². The van der Waals surface area contributed by atoms with Gasteiger partial charge in [-0.2, -0.15) is 0 Å². The summed E-state index contributed by atoms with van der Waals surface area (Å²) in [4.78, 5) is 26.1. The van der Waals surface area contributed by atoms with Crippen LogP contribution in [0.5, 0.6) is 11.5 Å². The number of rotatable bonds is 2. The van der Waals surface area contributed by atoms with Crippen molar-refractivity contribution in [2.24, 2.45) is 0 Å². The summed E-state index contributed by atoms with van der Waals surface area (Å²) in [6, 6.07) is 11.3. The third kappa shape index (κ3) is 2.27. The molecule has 2 aromatic rings. The summed E-state index contributed by atoms with van der Waals surface area (Å²) in [5.41, 5.74) is 2.04. The number of nitrogens with zero attached hydrogens (tertiary/aromatic N) is 1. The van der Waals surface area contributed by atoms with Crippen LogP contribution in [0.25, 0.3) is 0 Å². The van der Waals surface area contributed by atoms with Crippen molar-refractivity contribution in [2.75, 3.05) is 13.3 Å². The monoisotopic (exact) mass is 325 g/mol. The smallest absolute Gasteiger partial charge is 0.331 e. The number of amides is 1. The van der Waals surface area contributed by atoms with Gasteiger partial charge in [-0.1, -0.05) is 24.3 Å². The summed E-state index contributed by atoms with van der Waals surface area (Å²) in [7, 11) is 0. The molecule has 0 bridgehead atoms. The van der Waals surface area contributed by atoms with Crippen LogP contribution in [0.3, 0.4) is 0 Å². The van der Waals surface area contributed by atoms with E-state index < -0.39 is 12.0 Å². The summed E-state index contributed by atoms with van der Waals surface area (Å²) in [5.74, 6) is -0.262. The molecule has 24 heavy (non-hydrogen) atoms. The van der Waals surface area contributed by atoms with E-state index in [-0.39, 0.29) is 12.7 Å². The molecule has 2 aliphatic heterocycles. The van der Waals surface area contributed by atoms with Crippen LogP contribution in [0.2, 0.25) is 0 Å². The molecule has 2 aliphatic rings. The minimum absolute atomic E-state index is 0.127. The van der Waals surface area contributed by atoms with Crippen molar-refractivity contribution in [1.29, 1.82) is 0 Å². The lowest BCUT2D eigenvalue weighted by atomic mass is 9.92. The molecule has 2 heterocycles. The van der Waals surface area contributed by atoms with Gasteiger partial charge >= 0.3 is 5.97 Å². The van der Waals surface area contributed by atoms with Crippen LogP contribution < -0.4 is 9.47 Å². The van der Waals surface area contributed by atoms with Gasteiger partial charge in [0.25, 0.3) is 5.91 Å². The Morgan fingerprint density at radius 1 is 1.08 bits per heavy atom. The van der Waals surface area contributed by atoms with Gasteiger partial charge in [0.05, 0.1) is 0 Å².